The number of methoxy groups -OCH3 is 1. The number of carbonyl (C=O) groups excluding carboxylic acids is 2. The van der Waals surface area contributed by atoms with Crippen LogP contribution in [0.1, 0.15) is 21.5 Å². The molecule has 0 aliphatic rings. The van der Waals surface area contributed by atoms with Crippen LogP contribution in [0.15, 0.2) is 42.5 Å². The first-order valence-corrected chi connectivity index (χ1v) is 8.06. The average Bonchev–Trinajstić information content (AvgIpc) is 2.62. The zero-order valence-electron chi connectivity index (χ0n) is 14.3. The average molecular weight is 377 g/mol. The number of halogens is 1. The fraction of sp³-hybridized carbons (Fsp3) is 0.222. The third kappa shape index (κ3) is 4.37. The maximum Gasteiger partial charge on any atom is 0.325 e. The van der Waals surface area contributed by atoms with E-state index in [1.165, 1.54) is 37.1 Å². The first-order chi connectivity index (χ1) is 12.3. The van der Waals surface area contributed by atoms with Crippen molar-refractivity contribution in [3.63, 3.8) is 0 Å². The van der Waals surface area contributed by atoms with Gasteiger partial charge in [-0.3, -0.25) is 19.7 Å². The first kappa shape index (κ1) is 19.4. The van der Waals surface area contributed by atoms with Gasteiger partial charge in [0.15, 0.2) is 0 Å². The maximum absolute atomic E-state index is 13.0. The summed E-state index contributed by atoms with van der Waals surface area (Å²) in [6, 6.07) is 11.2. The van der Waals surface area contributed by atoms with Crippen LogP contribution in [0.25, 0.3) is 0 Å². The molecule has 2 aromatic carbocycles. The number of carbonyl (C=O) groups is 2. The molecule has 0 unspecified atom stereocenters. The number of esters is 1. The molecule has 0 atom stereocenters. The van der Waals surface area contributed by atoms with E-state index in [0.717, 1.165) is 0 Å². The van der Waals surface area contributed by atoms with E-state index < -0.39 is 16.8 Å². The Morgan fingerprint density at radius 3 is 2.50 bits per heavy atom. The second kappa shape index (κ2) is 8.44. The minimum Gasteiger partial charge on any atom is -0.468 e. The number of hydrogen-bond donors (Lipinski definition) is 0. The fourth-order valence-corrected chi connectivity index (χ4v) is 2.67. The number of rotatable bonds is 6. The summed E-state index contributed by atoms with van der Waals surface area (Å²) < 4.78 is 4.65. The second-order valence-corrected chi connectivity index (χ2v) is 5.94. The number of hydrogen-bond acceptors (Lipinski definition) is 5. The van der Waals surface area contributed by atoms with Crippen LogP contribution in [0.4, 0.5) is 5.69 Å². The van der Waals surface area contributed by atoms with Gasteiger partial charge in [0, 0.05) is 28.8 Å². The zero-order chi connectivity index (χ0) is 19.3. The van der Waals surface area contributed by atoms with Crippen molar-refractivity contribution in [1.29, 1.82) is 0 Å². The molecule has 0 spiro atoms. The van der Waals surface area contributed by atoms with E-state index in [9.17, 15) is 19.7 Å². The molecular weight excluding hydrogens is 360 g/mol. The van der Waals surface area contributed by atoms with Gasteiger partial charge < -0.3 is 9.64 Å². The molecule has 2 rings (SSSR count). The molecule has 26 heavy (non-hydrogen) atoms. The van der Waals surface area contributed by atoms with Crippen LogP contribution in [0.2, 0.25) is 5.02 Å². The molecule has 0 saturated heterocycles. The van der Waals surface area contributed by atoms with Crippen LogP contribution < -0.4 is 0 Å². The molecule has 0 radical (unpaired) electrons. The van der Waals surface area contributed by atoms with Crippen molar-refractivity contribution in [3.05, 3.63) is 74.3 Å². The molecular formula is C18H17ClN2O5. The van der Waals surface area contributed by atoms with Gasteiger partial charge in [-0.05, 0) is 24.6 Å². The predicted octanol–water partition coefficient (Wildman–Crippen LogP) is 3.37. The Hall–Kier alpha value is -2.93. The highest BCUT2D eigenvalue weighted by atomic mass is 35.5. The van der Waals surface area contributed by atoms with Gasteiger partial charge in [0.05, 0.1) is 12.0 Å². The Morgan fingerprint density at radius 1 is 1.19 bits per heavy atom. The van der Waals surface area contributed by atoms with Crippen molar-refractivity contribution in [3.8, 4) is 0 Å². The Labute approximate surface area is 155 Å². The summed E-state index contributed by atoms with van der Waals surface area (Å²) in [5.41, 5.74) is 0.868. The minimum atomic E-state index is -0.603. The van der Waals surface area contributed by atoms with Crippen molar-refractivity contribution in [2.45, 2.75) is 13.5 Å². The SMILES string of the molecule is COC(=O)CN(Cc1ccccc1Cl)C(=O)c1cccc([N+](=O)[O-])c1C. The summed E-state index contributed by atoms with van der Waals surface area (Å²) in [5.74, 6) is -1.12. The number of benzene rings is 2. The molecule has 0 N–H and O–H groups in total. The third-order valence-corrected chi connectivity index (χ3v) is 4.25. The fourth-order valence-electron chi connectivity index (χ4n) is 2.48. The van der Waals surface area contributed by atoms with E-state index in [4.69, 9.17) is 11.6 Å². The molecule has 7 nitrogen and oxygen atoms in total. The Kier molecular flexibility index (Phi) is 6.30. The second-order valence-electron chi connectivity index (χ2n) is 5.54. The molecule has 0 heterocycles. The number of ether oxygens (including phenoxy) is 1. The molecule has 0 fully saturated rings. The summed E-state index contributed by atoms with van der Waals surface area (Å²) in [4.78, 5) is 36.5. The summed E-state index contributed by atoms with van der Waals surface area (Å²) in [6.45, 7) is 1.26. The van der Waals surface area contributed by atoms with E-state index in [0.29, 0.717) is 10.6 Å². The minimum absolute atomic E-state index is 0.0652. The van der Waals surface area contributed by atoms with Crippen molar-refractivity contribution >= 4 is 29.2 Å². The lowest BCUT2D eigenvalue weighted by Gasteiger charge is -2.23. The van der Waals surface area contributed by atoms with Crippen molar-refractivity contribution in [2.24, 2.45) is 0 Å². The summed E-state index contributed by atoms with van der Waals surface area (Å²) in [5, 5.41) is 11.6. The number of nitrogens with zero attached hydrogens (tertiary/aromatic N) is 2. The summed E-state index contributed by atoms with van der Waals surface area (Å²) >= 11 is 6.14. The predicted molar refractivity (Wildman–Crippen MR) is 96.0 cm³/mol. The largest absolute Gasteiger partial charge is 0.468 e. The summed E-state index contributed by atoms with van der Waals surface area (Å²) in [6.07, 6.45) is 0. The van der Waals surface area contributed by atoms with Crippen molar-refractivity contribution < 1.29 is 19.2 Å². The molecule has 2 aromatic rings. The number of amides is 1. The van der Waals surface area contributed by atoms with E-state index >= 15 is 0 Å². The zero-order valence-corrected chi connectivity index (χ0v) is 15.0. The quantitative estimate of drug-likeness (QED) is 0.438. The summed E-state index contributed by atoms with van der Waals surface area (Å²) in [7, 11) is 1.22. The van der Waals surface area contributed by atoms with Gasteiger partial charge in [-0.25, -0.2) is 0 Å². The van der Waals surface area contributed by atoms with Gasteiger partial charge in [-0.2, -0.15) is 0 Å². The van der Waals surface area contributed by atoms with E-state index in [1.54, 1.807) is 24.3 Å². The lowest BCUT2D eigenvalue weighted by molar-refractivity contribution is -0.385. The Balaban J connectivity index is 2.40. The Morgan fingerprint density at radius 2 is 1.88 bits per heavy atom. The standard InChI is InChI=1S/C18H17ClN2O5/c1-12-14(7-5-9-16(12)21(24)25)18(23)20(11-17(22)26-2)10-13-6-3-4-8-15(13)19/h3-9H,10-11H2,1-2H3. The lowest BCUT2D eigenvalue weighted by Crippen LogP contribution is -2.36. The van der Waals surface area contributed by atoms with Crippen LogP contribution in [0, 0.1) is 17.0 Å². The highest BCUT2D eigenvalue weighted by Gasteiger charge is 2.25. The van der Waals surface area contributed by atoms with E-state index in [2.05, 4.69) is 4.74 Å². The van der Waals surface area contributed by atoms with Crippen LogP contribution in [0.5, 0.6) is 0 Å². The van der Waals surface area contributed by atoms with Gasteiger partial charge in [-0.15, -0.1) is 0 Å². The number of nitro benzene ring substituents is 1. The van der Waals surface area contributed by atoms with Gasteiger partial charge >= 0.3 is 5.97 Å². The van der Waals surface area contributed by atoms with Crippen molar-refractivity contribution in [1.82, 2.24) is 4.90 Å². The molecule has 0 aromatic heterocycles. The highest BCUT2D eigenvalue weighted by molar-refractivity contribution is 6.31. The van der Waals surface area contributed by atoms with Crippen LogP contribution >= 0.6 is 11.6 Å². The van der Waals surface area contributed by atoms with Gasteiger partial charge in [0.25, 0.3) is 11.6 Å². The van der Waals surface area contributed by atoms with E-state index in [-0.39, 0.29) is 29.9 Å². The molecule has 0 bridgehead atoms. The van der Waals surface area contributed by atoms with Gasteiger partial charge in [0.1, 0.15) is 6.54 Å². The molecule has 1 amide bonds. The lowest BCUT2D eigenvalue weighted by atomic mass is 10.0. The topological polar surface area (TPSA) is 89.8 Å². The maximum atomic E-state index is 13.0. The number of nitro groups is 1. The van der Waals surface area contributed by atoms with Gasteiger partial charge in [-0.1, -0.05) is 35.9 Å². The molecule has 0 aliphatic heterocycles. The molecule has 8 heteroatoms. The van der Waals surface area contributed by atoms with Gasteiger partial charge in [0.2, 0.25) is 0 Å². The van der Waals surface area contributed by atoms with Crippen LogP contribution in [-0.2, 0) is 16.1 Å². The van der Waals surface area contributed by atoms with Crippen molar-refractivity contribution in [2.75, 3.05) is 13.7 Å². The smallest absolute Gasteiger partial charge is 0.325 e. The third-order valence-electron chi connectivity index (χ3n) is 3.89. The monoisotopic (exact) mass is 376 g/mol. The van der Waals surface area contributed by atoms with E-state index in [1.807, 2.05) is 0 Å². The molecule has 136 valence electrons. The van der Waals surface area contributed by atoms with Crippen LogP contribution in [-0.4, -0.2) is 35.4 Å². The Bertz CT molecular complexity index is 853. The first-order valence-electron chi connectivity index (χ1n) is 7.68. The molecule has 0 aliphatic carbocycles. The normalized spacial score (nSPS) is 10.3. The highest BCUT2D eigenvalue weighted by Crippen LogP contribution is 2.24. The van der Waals surface area contributed by atoms with Crippen LogP contribution in [0.3, 0.4) is 0 Å². The molecule has 0 saturated carbocycles.